The zero-order chi connectivity index (χ0) is 11.9. The summed E-state index contributed by atoms with van der Waals surface area (Å²) in [5.74, 6) is 0.244. The third kappa shape index (κ3) is 2.12. The van der Waals surface area contributed by atoms with E-state index in [1.165, 1.54) is 12.1 Å². The third-order valence-electron chi connectivity index (χ3n) is 2.46. The van der Waals surface area contributed by atoms with E-state index in [2.05, 4.69) is 0 Å². The van der Waals surface area contributed by atoms with E-state index in [0.717, 1.165) is 5.56 Å². The summed E-state index contributed by atoms with van der Waals surface area (Å²) in [4.78, 5) is 0. The SMILES string of the molecule is CC(N)Cc1cc(F)cc2c1OC(Cl)C2Cl. The fourth-order valence-electron chi connectivity index (χ4n) is 1.83. The lowest BCUT2D eigenvalue weighted by Crippen LogP contribution is -2.18. The van der Waals surface area contributed by atoms with Gasteiger partial charge in [-0.25, -0.2) is 4.39 Å². The van der Waals surface area contributed by atoms with Crippen LogP contribution in [-0.2, 0) is 6.42 Å². The normalized spacial score (nSPS) is 25.1. The fourth-order valence-corrected chi connectivity index (χ4v) is 2.27. The summed E-state index contributed by atoms with van der Waals surface area (Å²) in [5.41, 5.74) is 6.38. The van der Waals surface area contributed by atoms with Crippen LogP contribution in [0.15, 0.2) is 12.1 Å². The van der Waals surface area contributed by atoms with Gasteiger partial charge in [-0.1, -0.05) is 11.6 Å². The summed E-state index contributed by atoms with van der Waals surface area (Å²) in [6.07, 6.45) is 0.535. The Morgan fingerprint density at radius 1 is 1.50 bits per heavy atom. The van der Waals surface area contributed by atoms with Crippen LogP contribution in [0, 0.1) is 5.82 Å². The number of nitrogens with two attached hydrogens (primary N) is 1. The van der Waals surface area contributed by atoms with E-state index in [1.807, 2.05) is 6.92 Å². The molecule has 0 saturated carbocycles. The van der Waals surface area contributed by atoms with Crippen molar-refractivity contribution in [3.05, 3.63) is 29.1 Å². The molecule has 0 aromatic heterocycles. The Balaban J connectivity index is 2.44. The Bertz CT molecular complexity index is 411. The van der Waals surface area contributed by atoms with Crippen molar-refractivity contribution in [2.45, 2.75) is 30.3 Å². The molecule has 5 heteroatoms. The molecular formula is C11H12Cl2FNO. The van der Waals surface area contributed by atoms with Crippen LogP contribution in [-0.4, -0.2) is 11.6 Å². The van der Waals surface area contributed by atoms with Gasteiger partial charge in [0.05, 0.1) is 0 Å². The van der Waals surface area contributed by atoms with E-state index >= 15 is 0 Å². The second-order valence-electron chi connectivity index (χ2n) is 4.04. The minimum atomic E-state index is -0.648. The molecule has 1 aliphatic heterocycles. The molecule has 2 N–H and O–H groups in total. The molecule has 1 aliphatic rings. The Morgan fingerprint density at radius 2 is 2.19 bits per heavy atom. The van der Waals surface area contributed by atoms with E-state index in [-0.39, 0.29) is 11.9 Å². The van der Waals surface area contributed by atoms with Gasteiger partial charge in [-0.05, 0) is 31.0 Å². The Kier molecular flexibility index (Phi) is 3.29. The van der Waals surface area contributed by atoms with Gasteiger partial charge in [0.15, 0.2) is 5.56 Å². The van der Waals surface area contributed by atoms with Crippen molar-refractivity contribution < 1.29 is 9.13 Å². The molecule has 0 amide bonds. The van der Waals surface area contributed by atoms with E-state index in [0.29, 0.717) is 17.7 Å². The van der Waals surface area contributed by atoms with E-state index in [4.69, 9.17) is 33.7 Å². The number of alkyl halides is 2. The highest BCUT2D eigenvalue weighted by molar-refractivity contribution is 6.30. The number of fused-ring (bicyclic) bond motifs is 1. The number of rotatable bonds is 2. The first-order valence-electron chi connectivity index (χ1n) is 5.01. The average Bonchev–Trinajstić information content (AvgIpc) is 2.44. The lowest BCUT2D eigenvalue weighted by atomic mass is 10.0. The predicted molar refractivity (Wildman–Crippen MR) is 62.6 cm³/mol. The Hall–Kier alpha value is -0.510. The second kappa shape index (κ2) is 4.40. The highest BCUT2D eigenvalue weighted by Crippen LogP contribution is 2.45. The first-order valence-corrected chi connectivity index (χ1v) is 5.89. The van der Waals surface area contributed by atoms with Crippen LogP contribution >= 0.6 is 23.2 Å². The molecule has 1 heterocycles. The summed E-state index contributed by atoms with van der Waals surface area (Å²) < 4.78 is 18.8. The van der Waals surface area contributed by atoms with Gasteiger partial charge in [-0.3, -0.25) is 0 Å². The van der Waals surface area contributed by atoms with Gasteiger partial charge >= 0.3 is 0 Å². The van der Waals surface area contributed by atoms with Crippen LogP contribution in [0.25, 0.3) is 0 Å². The molecule has 2 rings (SSSR count). The van der Waals surface area contributed by atoms with Gasteiger partial charge in [0, 0.05) is 11.6 Å². The van der Waals surface area contributed by atoms with Gasteiger partial charge < -0.3 is 10.5 Å². The minimum absolute atomic E-state index is 0.0716. The quantitative estimate of drug-likeness (QED) is 0.833. The Morgan fingerprint density at radius 3 is 2.81 bits per heavy atom. The van der Waals surface area contributed by atoms with E-state index < -0.39 is 10.9 Å². The standard InChI is InChI=1S/C11H12Cl2FNO/c1-5(15)2-6-3-7(14)4-8-9(12)11(13)16-10(6)8/h3-5,9,11H,2,15H2,1H3. The third-order valence-corrected chi connectivity index (χ3v) is 3.39. The maximum Gasteiger partial charge on any atom is 0.192 e. The number of hydrogen-bond donors (Lipinski definition) is 1. The number of hydrogen-bond acceptors (Lipinski definition) is 2. The van der Waals surface area contributed by atoms with Crippen LogP contribution in [0.5, 0.6) is 5.75 Å². The molecule has 16 heavy (non-hydrogen) atoms. The van der Waals surface area contributed by atoms with Gasteiger partial charge in [0.2, 0.25) is 0 Å². The van der Waals surface area contributed by atoms with Crippen molar-refractivity contribution in [2.75, 3.05) is 0 Å². The molecule has 0 fully saturated rings. The minimum Gasteiger partial charge on any atom is -0.472 e. The fraction of sp³-hybridized carbons (Fsp3) is 0.455. The van der Waals surface area contributed by atoms with Crippen LogP contribution in [0.1, 0.15) is 23.4 Å². The van der Waals surface area contributed by atoms with Crippen molar-refractivity contribution in [1.82, 2.24) is 0 Å². The van der Waals surface area contributed by atoms with Gasteiger partial charge in [0.1, 0.15) is 16.9 Å². The molecule has 2 nitrogen and oxygen atoms in total. The van der Waals surface area contributed by atoms with Crippen LogP contribution in [0.2, 0.25) is 0 Å². The highest BCUT2D eigenvalue weighted by atomic mass is 35.5. The van der Waals surface area contributed by atoms with Gasteiger partial charge in [0.25, 0.3) is 0 Å². The van der Waals surface area contributed by atoms with Crippen molar-refractivity contribution in [2.24, 2.45) is 5.73 Å². The molecule has 3 atom stereocenters. The largest absolute Gasteiger partial charge is 0.472 e. The number of halogens is 3. The second-order valence-corrected chi connectivity index (χ2v) is 4.94. The zero-order valence-electron chi connectivity index (χ0n) is 8.71. The van der Waals surface area contributed by atoms with Crippen molar-refractivity contribution in [3.8, 4) is 5.75 Å². The maximum absolute atomic E-state index is 13.4. The summed E-state index contributed by atoms with van der Waals surface area (Å²) in [5, 5.41) is -0.515. The lowest BCUT2D eigenvalue weighted by molar-refractivity contribution is 0.309. The van der Waals surface area contributed by atoms with Crippen LogP contribution < -0.4 is 10.5 Å². The van der Waals surface area contributed by atoms with Crippen molar-refractivity contribution >= 4 is 23.2 Å². The molecule has 3 unspecified atom stereocenters. The van der Waals surface area contributed by atoms with E-state index in [1.54, 1.807) is 0 Å². The molecule has 0 aliphatic carbocycles. The molecule has 0 radical (unpaired) electrons. The average molecular weight is 264 g/mol. The summed E-state index contributed by atoms with van der Waals surface area (Å²) in [6.45, 7) is 1.85. The zero-order valence-corrected chi connectivity index (χ0v) is 10.2. The predicted octanol–water partition coefficient (Wildman–Crippen LogP) is 2.95. The molecule has 88 valence electrons. The van der Waals surface area contributed by atoms with Crippen molar-refractivity contribution in [1.29, 1.82) is 0 Å². The highest BCUT2D eigenvalue weighted by Gasteiger charge is 2.33. The summed E-state index contributed by atoms with van der Waals surface area (Å²) in [7, 11) is 0. The van der Waals surface area contributed by atoms with Crippen LogP contribution in [0.4, 0.5) is 4.39 Å². The van der Waals surface area contributed by atoms with Gasteiger partial charge in [-0.15, -0.1) is 11.6 Å². The first-order chi connectivity index (χ1) is 7.49. The van der Waals surface area contributed by atoms with Crippen LogP contribution in [0.3, 0.4) is 0 Å². The topological polar surface area (TPSA) is 35.2 Å². The molecule has 1 aromatic carbocycles. The number of benzene rings is 1. The molecule has 0 saturated heterocycles. The molecule has 0 spiro atoms. The summed E-state index contributed by atoms with van der Waals surface area (Å²) >= 11 is 11.9. The molecule has 1 aromatic rings. The van der Waals surface area contributed by atoms with Gasteiger partial charge in [-0.2, -0.15) is 0 Å². The Labute approximate surface area is 103 Å². The molecule has 0 bridgehead atoms. The van der Waals surface area contributed by atoms with E-state index in [9.17, 15) is 4.39 Å². The number of ether oxygens (including phenoxy) is 1. The van der Waals surface area contributed by atoms with Crippen molar-refractivity contribution in [3.63, 3.8) is 0 Å². The summed E-state index contributed by atoms with van der Waals surface area (Å²) in [6, 6.07) is 2.71. The smallest absolute Gasteiger partial charge is 0.192 e. The first kappa shape index (κ1) is 12.0. The molecular weight excluding hydrogens is 252 g/mol. The monoisotopic (exact) mass is 263 g/mol. The lowest BCUT2D eigenvalue weighted by Gasteiger charge is -2.10. The maximum atomic E-state index is 13.4.